The molecule has 0 saturated carbocycles. The Bertz CT molecular complexity index is 1130. The van der Waals surface area contributed by atoms with Gasteiger partial charge < -0.3 is 9.14 Å². The summed E-state index contributed by atoms with van der Waals surface area (Å²) < 4.78 is 6.75. The van der Waals surface area contributed by atoms with Crippen molar-refractivity contribution in [1.29, 1.82) is 5.26 Å². The first-order chi connectivity index (χ1) is 13.6. The van der Waals surface area contributed by atoms with E-state index in [4.69, 9.17) is 4.74 Å². The number of hydrogen-bond acceptors (Lipinski definition) is 4. The van der Waals surface area contributed by atoms with E-state index in [0.29, 0.717) is 22.4 Å². The molecule has 0 aliphatic carbocycles. The van der Waals surface area contributed by atoms with Crippen LogP contribution >= 0.6 is 0 Å². The molecule has 0 aliphatic rings. The lowest BCUT2D eigenvalue weighted by atomic mass is 10.0. The van der Waals surface area contributed by atoms with E-state index in [0.717, 1.165) is 5.52 Å². The SMILES string of the molecule is C=CCOC(=O)/C(C#N)=C/c1c(C)c(C(=O)c2ccccc2)n2ccccc12. The summed E-state index contributed by atoms with van der Waals surface area (Å²) in [5.74, 6) is -0.861. The van der Waals surface area contributed by atoms with Crippen molar-refractivity contribution in [2.45, 2.75) is 6.92 Å². The van der Waals surface area contributed by atoms with Crippen LogP contribution in [-0.4, -0.2) is 22.8 Å². The molecule has 2 aromatic heterocycles. The summed E-state index contributed by atoms with van der Waals surface area (Å²) in [6, 6.07) is 16.4. The van der Waals surface area contributed by atoms with E-state index in [9.17, 15) is 14.9 Å². The zero-order valence-corrected chi connectivity index (χ0v) is 15.4. The highest BCUT2D eigenvalue weighted by atomic mass is 16.5. The van der Waals surface area contributed by atoms with Crippen LogP contribution in [0.3, 0.4) is 0 Å². The Morgan fingerprint density at radius 3 is 2.57 bits per heavy atom. The lowest BCUT2D eigenvalue weighted by Crippen LogP contribution is -2.07. The van der Waals surface area contributed by atoms with E-state index in [2.05, 4.69) is 6.58 Å². The Kier molecular flexibility index (Phi) is 5.52. The number of fused-ring (bicyclic) bond motifs is 1. The summed E-state index contributed by atoms with van der Waals surface area (Å²) in [4.78, 5) is 25.2. The van der Waals surface area contributed by atoms with Gasteiger partial charge in [-0.1, -0.05) is 49.1 Å². The summed E-state index contributed by atoms with van der Waals surface area (Å²) in [5, 5.41) is 9.40. The van der Waals surface area contributed by atoms with Crippen LogP contribution in [-0.2, 0) is 9.53 Å². The van der Waals surface area contributed by atoms with Crippen molar-refractivity contribution in [3.8, 4) is 6.07 Å². The van der Waals surface area contributed by atoms with Crippen molar-refractivity contribution in [1.82, 2.24) is 4.40 Å². The van der Waals surface area contributed by atoms with E-state index in [1.807, 2.05) is 42.5 Å². The van der Waals surface area contributed by atoms with Crippen LogP contribution in [0.15, 0.2) is 73.0 Å². The van der Waals surface area contributed by atoms with Gasteiger partial charge in [-0.25, -0.2) is 4.79 Å². The first-order valence-electron chi connectivity index (χ1n) is 8.67. The average Bonchev–Trinajstić information content (AvgIpc) is 3.01. The zero-order chi connectivity index (χ0) is 20.1. The molecule has 0 fully saturated rings. The third-order valence-corrected chi connectivity index (χ3v) is 4.35. The number of rotatable bonds is 6. The number of carbonyl (C=O) groups excluding carboxylic acids is 2. The van der Waals surface area contributed by atoms with E-state index < -0.39 is 5.97 Å². The number of ether oxygens (including phenoxy) is 1. The van der Waals surface area contributed by atoms with Gasteiger partial charge in [-0.3, -0.25) is 4.79 Å². The molecule has 5 nitrogen and oxygen atoms in total. The Labute approximate surface area is 162 Å². The summed E-state index contributed by atoms with van der Waals surface area (Å²) in [6.07, 6.45) is 4.69. The second-order valence-corrected chi connectivity index (χ2v) is 6.10. The van der Waals surface area contributed by atoms with Gasteiger partial charge in [-0.05, 0) is 30.7 Å². The Hall–Kier alpha value is -3.91. The lowest BCUT2D eigenvalue weighted by Gasteiger charge is -2.03. The van der Waals surface area contributed by atoms with E-state index >= 15 is 0 Å². The number of ketones is 1. The quantitative estimate of drug-likeness (QED) is 0.215. The van der Waals surface area contributed by atoms with Crippen LogP contribution in [0.25, 0.3) is 11.6 Å². The van der Waals surface area contributed by atoms with Crippen LogP contribution < -0.4 is 0 Å². The van der Waals surface area contributed by atoms with Crippen LogP contribution in [0.2, 0.25) is 0 Å². The van der Waals surface area contributed by atoms with Gasteiger partial charge in [0.1, 0.15) is 18.2 Å². The van der Waals surface area contributed by atoms with Crippen LogP contribution in [0.4, 0.5) is 0 Å². The second kappa shape index (κ2) is 8.19. The van der Waals surface area contributed by atoms with E-state index in [1.165, 1.54) is 12.2 Å². The summed E-state index contributed by atoms with van der Waals surface area (Å²) in [7, 11) is 0. The fourth-order valence-electron chi connectivity index (χ4n) is 3.04. The molecule has 0 atom stereocenters. The van der Waals surface area contributed by atoms with Crippen LogP contribution in [0.1, 0.15) is 27.2 Å². The first kappa shape index (κ1) is 18.9. The molecule has 0 aliphatic heterocycles. The molecule has 0 radical (unpaired) electrons. The molecule has 0 spiro atoms. The third-order valence-electron chi connectivity index (χ3n) is 4.35. The number of pyridine rings is 1. The highest BCUT2D eigenvalue weighted by Crippen LogP contribution is 2.27. The van der Waals surface area contributed by atoms with Gasteiger partial charge >= 0.3 is 5.97 Å². The smallest absolute Gasteiger partial charge is 0.349 e. The third kappa shape index (κ3) is 3.49. The maximum absolute atomic E-state index is 13.1. The number of esters is 1. The molecule has 0 amide bonds. The van der Waals surface area contributed by atoms with Crippen molar-refractivity contribution in [3.05, 3.63) is 95.3 Å². The number of nitrogens with zero attached hydrogens (tertiary/aromatic N) is 2. The van der Waals surface area contributed by atoms with Crippen molar-refractivity contribution in [3.63, 3.8) is 0 Å². The minimum Gasteiger partial charge on any atom is -0.457 e. The Balaban J connectivity index is 2.17. The molecule has 138 valence electrons. The van der Waals surface area contributed by atoms with Crippen molar-refractivity contribution >= 4 is 23.3 Å². The highest BCUT2D eigenvalue weighted by molar-refractivity contribution is 6.11. The molecule has 0 unspecified atom stereocenters. The Morgan fingerprint density at radius 1 is 1.18 bits per heavy atom. The van der Waals surface area contributed by atoms with E-state index in [-0.39, 0.29) is 18.0 Å². The maximum Gasteiger partial charge on any atom is 0.349 e. The number of benzene rings is 1. The van der Waals surface area contributed by atoms with Gasteiger partial charge in [-0.2, -0.15) is 5.26 Å². The normalized spacial score (nSPS) is 11.1. The molecule has 5 heteroatoms. The molecule has 0 saturated heterocycles. The minimum atomic E-state index is -0.729. The topological polar surface area (TPSA) is 71.6 Å². The monoisotopic (exact) mass is 370 g/mol. The maximum atomic E-state index is 13.1. The molecular weight excluding hydrogens is 352 g/mol. The van der Waals surface area contributed by atoms with Crippen molar-refractivity contribution in [2.24, 2.45) is 0 Å². The van der Waals surface area contributed by atoms with Crippen molar-refractivity contribution < 1.29 is 14.3 Å². The number of aromatic nitrogens is 1. The number of nitriles is 1. The van der Waals surface area contributed by atoms with E-state index in [1.54, 1.807) is 29.7 Å². The van der Waals surface area contributed by atoms with Gasteiger partial charge in [0.2, 0.25) is 5.78 Å². The number of carbonyl (C=O) groups is 2. The first-order valence-corrected chi connectivity index (χ1v) is 8.67. The molecule has 3 rings (SSSR count). The predicted octanol–water partition coefficient (Wildman–Crippen LogP) is 4.11. The molecule has 28 heavy (non-hydrogen) atoms. The van der Waals surface area contributed by atoms with Gasteiger partial charge in [-0.15, -0.1) is 0 Å². The average molecular weight is 370 g/mol. The van der Waals surface area contributed by atoms with Crippen LogP contribution in [0.5, 0.6) is 0 Å². The van der Waals surface area contributed by atoms with Gasteiger partial charge in [0, 0.05) is 17.3 Å². The van der Waals surface area contributed by atoms with Crippen LogP contribution in [0, 0.1) is 18.3 Å². The standard InChI is InChI=1S/C23H18N2O3/c1-3-13-28-23(27)18(15-24)14-19-16(2)21(25-12-8-7-11-20(19)25)22(26)17-9-5-4-6-10-17/h3-12,14H,1,13H2,2H3/b18-14+. The summed E-state index contributed by atoms with van der Waals surface area (Å²) in [6.45, 7) is 5.31. The molecule has 0 bridgehead atoms. The fraction of sp³-hybridized carbons (Fsp3) is 0.0870. The van der Waals surface area contributed by atoms with Gasteiger partial charge in [0.25, 0.3) is 0 Å². The molecule has 3 aromatic rings. The second-order valence-electron chi connectivity index (χ2n) is 6.10. The zero-order valence-electron chi connectivity index (χ0n) is 15.4. The van der Waals surface area contributed by atoms with Gasteiger partial charge in [0.05, 0.1) is 11.2 Å². The molecule has 1 aromatic carbocycles. The summed E-state index contributed by atoms with van der Waals surface area (Å²) in [5.41, 5.74) is 2.96. The fourth-order valence-corrected chi connectivity index (χ4v) is 3.04. The minimum absolute atomic E-state index is 0.0189. The Morgan fingerprint density at radius 2 is 1.89 bits per heavy atom. The molecular formula is C23H18N2O3. The van der Waals surface area contributed by atoms with Crippen molar-refractivity contribution in [2.75, 3.05) is 6.61 Å². The highest BCUT2D eigenvalue weighted by Gasteiger charge is 2.22. The largest absolute Gasteiger partial charge is 0.457 e. The molecule has 0 N–H and O–H groups in total. The van der Waals surface area contributed by atoms with Gasteiger partial charge in [0.15, 0.2) is 0 Å². The number of hydrogen-bond donors (Lipinski definition) is 0. The lowest BCUT2D eigenvalue weighted by molar-refractivity contribution is -0.137. The summed E-state index contributed by atoms with van der Waals surface area (Å²) >= 11 is 0. The predicted molar refractivity (Wildman–Crippen MR) is 107 cm³/mol. The molecule has 2 heterocycles.